The molecule has 3 aromatic rings. The van der Waals surface area contributed by atoms with E-state index in [9.17, 15) is 9.59 Å². The Morgan fingerprint density at radius 1 is 0.852 bits per heavy atom. The van der Waals surface area contributed by atoms with E-state index in [0.29, 0.717) is 27.6 Å². The zero-order valence-corrected chi connectivity index (χ0v) is 15.2. The third-order valence-electron chi connectivity index (χ3n) is 3.58. The second kappa shape index (κ2) is 8.33. The van der Waals surface area contributed by atoms with Gasteiger partial charge >= 0.3 is 0 Å². The Morgan fingerprint density at radius 2 is 1.59 bits per heavy atom. The third-order valence-corrected chi connectivity index (χ3v) is 3.81. The molecule has 136 valence electrons. The van der Waals surface area contributed by atoms with Crippen LogP contribution in [0.15, 0.2) is 67.0 Å². The lowest BCUT2D eigenvalue weighted by Crippen LogP contribution is -2.12. The fourth-order valence-electron chi connectivity index (χ4n) is 2.41. The molecule has 0 saturated carbocycles. The van der Waals surface area contributed by atoms with E-state index in [1.807, 2.05) is 12.1 Å². The maximum Gasteiger partial charge on any atom is 0.257 e. The van der Waals surface area contributed by atoms with Crippen molar-refractivity contribution < 1.29 is 9.59 Å². The van der Waals surface area contributed by atoms with Crippen LogP contribution < -0.4 is 16.0 Å². The summed E-state index contributed by atoms with van der Waals surface area (Å²) < 4.78 is 0. The van der Waals surface area contributed by atoms with E-state index in [0.717, 1.165) is 5.69 Å². The van der Waals surface area contributed by atoms with Crippen molar-refractivity contribution in [1.82, 2.24) is 4.98 Å². The highest BCUT2D eigenvalue weighted by Crippen LogP contribution is 2.20. The first-order chi connectivity index (χ1) is 13.0. The van der Waals surface area contributed by atoms with Crippen LogP contribution in [0.3, 0.4) is 0 Å². The smallest absolute Gasteiger partial charge is 0.257 e. The van der Waals surface area contributed by atoms with E-state index >= 15 is 0 Å². The fraction of sp³-hybridized carbons (Fsp3) is 0.0500. The van der Waals surface area contributed by atoms with Crippen LogP contribution in [0.25, 0.3) is 0 Å². The van der Waals surface area contributed by atoms with Gasteiger partial charge in [0.25, 0.3) is 5.91 Å². The van der Waals surface area contributed by atoms with Crippen molar-refractivity contribution in [1.29, 1.82) is 0 Å². The number of amides is 2. The number of carbonyl (C=O) groups excluding carboxylic acids is 2. The topological polar surface area (TPSA) is 83.1 Å². The highest BCUT2D eigenvalue weighted by atomic mass is 35.5. The summed E-state index contributed by atoms with van der Waals surface area (Å²) in [5.74, 6) is -0.409. The summed E-state index contributed by atoms with van der Waals surface area (Å²) in [6, 6.07) is 15.9. The molecule has 3 rings (SSSR count). The largest absolute Gasteiger partial charge is 0.354 e. The third kappa shape index (κ3) is 5.29. The summed E-state index contributed by atoms with van der Waals surface area (Å²) in [7, 11) is 0. The van der Waals surface area contributed by atoms with Gasteiger partial charge in [0, 0.05) is 35.2 Å². The minimum atomic E-state index is -0.283. The van der Waals surface area contributed by atoms with E-state index in [4.69, 9.17) is 11.6 Å². The molecule has 7 heteroatoms. The number of hydrogen-bond donors (Lipinski definition) is 3. The minimum Gasteiger partial charge on any atom is -0.354 e. The fourth-order valence-corrected chi connectivity index (χ4v) is 2.60. The molecule has 0 atom stereocenters. The first-order valence-corrected chi connectivity index (χ1v) is 8.54. The number of anilines is 4. The number of nitrogens with one attached hydrogen (secondary N) is 3. The number of carbonyl (C=O) groups is 2. The average molecular weight is 381 g/mol. The number of halogens is 1. The van der Waals surface area contributed by atoms with Gasteiger partial charge in [-0.3, -0.25) is 14.6 Å². The number of benzene rings is 2. The molecule has 1 aromatic heterocycles. The molecule has 0 spiro atoms. The summed E-state index contributed by atoms with van der Waals surface area (Å²) in [5.41, 5.74) is 3.20. The van der Waals surface area contributed by atoms with Gasteiger partial charge in [0.2, 0.25) is 5.91 Å². The molecule has 0 radical (unpaired) electrons. The lowest BCUT2D eigenvalue weighted by atomic mass is 10.2. The first-order valence-electron chi connectivity index (χ1n) is 8.16. The lowest BCUT2D eigenvalue weighted by Gasteiger charge is -2.10. The van der Waals surface area contributed by atoms with Gasteiger partial charge in [-0.15, -0.1) is 0 Å². The molecular formula is C20H17ClN4O2. The monoisotopic (exact) mass is 380 g/mol. The van der Waals surface area contributed by atoms with Crippen molar-refractivity contribution in [3.05, 3.63) is 77.6 Å². The van der Waals surface area contributed by atoms with Crippen molar-refractivity contribution in [2.45, 2.75) is 6.92 Å². The maximum absolute atomic E-state index is 12.4. The van der Waals surface area contributed by atoms with Crippen molar-refractivity contribution in [3.63, 3.8) is 0 Å². The maximum atomic E-state index is 12.4. The highest BCUT2D eigenvalue weighted by Gasteiger charge is 2.08. The molecule has 1 heterocycles. The Bertz CT molecular complexity index is 974. The van der Waals surface area contributed by atoms with E-state index in [2.05, 4.69) is 20.9 Å². The summed E-state index contributed by atoms with van der Waals surface area (Å²) in [4.78, 5) is 27.6. The first kappa shape index (κ1) is 18.4. The van der Waals surface area contributed by atoms with E-state index in [1.54, 1.807) is 48.7 Å². The Hall–Kier alpha value is -3.38. The van der Waals surface area contributed by atoms with Crippen LogP contribution in [0.1, 0.15) is 17.3 Å². The predicted molar refractivity (Wildman–Crippen MR) is 108 cm³/mol. The average Bonchev–Trinajstić information content (AvgIpc) is 2.63. The molecule has 0 unspecified atom stereocenters. The van der Waals surface area contributed by atoms with Crippen LogP contribution in [0.2, 0.25) is 5.02 Å². The molecule has 27 heavy (non-hydrogen) atoms. The molecule has 3 N–H and O–H groups in total. The van der Waals surface area contributed by atoms with Crippen LogP contribution in [-0.4, -0.2) is 16.8 Å². The number of hydrogen-bond acceptors (Lipinski definition) is 4. The van der Waals surface area contributed by atoms with Gasteiger partial charge in [0.05, 0.1) is 17.4 Å². The molecule has 0 aliphatic rings. The molecule has 6 nitrogen and oxygen atoms in total. The van der Waals surface area contributed by atoms with Crippen molar-refractivity contribution >= 4 is 46.2 Å². The van der Waals surface area contributed by atoms with Gasteiger partial charge in [-0.1, -0.05) is 17.7 Å². The second-order valence-corrected chi connectivity index (χ2v) is 6.25. The zero-order chi connectivity index (χ0) is 19.2. The molecule has 0 saturated heterocycles. The van der Waals surface area contributed by atoms with Crippen molar-refractivity contribution in [2.75, 3.05) is 16.0 Å². The number of nitrogens with zero attached hydrogens (tertiary/aromatic N) is 1. The summed E-state index contributed by atoms with van der Waals surface area (Å²) >= 11 is 5.93. The van der Waals surface area contributed by atoms with Crippen LogP contribution in [-0.2, 0) is 4.79 Å². The lowest BCUT2D eigenvalue weighted by molar-refractivity contribution is -0.114. The zero-order valence-electron chi connectivity index (χ0n) is 14.5. The van der Waals surface area contributed by atoms with Crippen LogP contribution in [0.4, 0.5) is 22.7 Å². The molecular weight excluding hydrogens is 364 g/mol. The number of aromatic nitrogens is 1. The van der Waals surface area contributed by atoms with Crippen LogP contribution >= 0.6 is 11.6 Å². The summed E-state index contributed by atoms with van der Waals surface area (Å²) in [5, 5.41) is 9.21. The molecule has 2 aromatic carbocycles. The van der Waals surface area contributed by atoms with Gasteiger partial charge in [0.15, 0.2) is 0 Å². The summed E-state index contributed by atoms with van der Waals surface area (Å²) in [6.07, 6.45) is 3.11. The Kier molecular flexibility index (Phi) is 5.68. The minimum absolute atomic E-state index is 0.127. The highest BCUT2D eigenvalue weighted by molar-refractivity contribution is 6.31. The van der Waals surface area contributed by atoms with Crippen molar-refractivity contribution in [2.24, 2.45) is 0 Å². The normalized spacial score (nSPS) is 10.1. The van der Waals surface area contributed by atoms with Gasteiger partial charge in [-0.05, 0) is 48.5 Å². The standard InChI is InChI=1S/C20H17ClN4O2/c1-13(26)23-16-5-7-17(8-6-16)24-19-9-14(11-22-12-19)20(27)25-18-4-2-3-15(21)10-18/h2-12,24H,1H3,(H,23,26)(H,25,27). The van der Waals surface area contributed by atoms with Crippen molar-refractivity contribution in [3.8, 4) is 0 Å². The number of rotatable bonds is 5. The van der Waals surface area contributed by atoms with E-state index in [-0.39, 0.29) is 11.8 Å². The second-order valence-electron chi connectivity index (χ2n) is 5.81. The van der Waals surface area contributed by atoms with Gasteiger partial charge < -0.3 is 16.0 Å². The predicted octanol–water partition coefficient (Wildman–Crippen LogP) is 4.69. The summed E-state index contributed by atoms with van der Waals surface area (Å²) in [6.45, 7) is 1.46. The van der Waals surface area contributed by atoms with E-state index in [1.165, 1.54) is 13.1 Å². The Morgan fingerprint density at radius 3 is 2.30 bits per heavy atom. The Labute approximate surface area is 161 Å². The van der Waals surface area contributed by atoms with Crippen LogP contribution in [0.5, 0.6) is 0 Å². The molecule has 0 bridgehead atoms. The SMILES string of the molecule is CC(=O)Nc1ccc(Nc2cncc(C(=O)Nc3cccc(Cl)c3)c2)cc1. The Balaban J connectivity index is 1.69. The van der Waals surface area contributed by atoms with Gasteiger partial charge in [-0.25, -0.2) is 0 Å². The van der Waals surface area contributed by atoms with Gasteiger partial charge in [0.1, 0.15) is 0 Å². The van der Waals surface area contributed by atoms with Gasteiger partial charge in [-0.2, -0.15) is 0 Å². The molecule has 0 fully saturated rings. The molecule has 0 aliphatic heterocycles. The van der Waals surface area contributed by atoms with E-state index < -0.39 is 0 Å². The van der Waals surface area contributed by atoms with Crippen LogP contribution in [0, 0.1) is 0 Å². The quantitative estimate of drug-likeness (QED) is 0.599. The molecule has 2 amide bonds. The molecule has 0 aliphatic carbocycles. The number of pyridine rings is 1.